The lowest BCUT2D eigenvalue weighted by Gasteiger charge is -2.16. The average molecular weight is 253 g/mol. The molecule has 0 heterocycles. The molecule has 0 unspecified atom stereocenters. The highest BCUT2D eigenvalue weighted by Gasteiger charge is 2.12. The summed E-state index contributed by atoms with van der Waals surface area (Å²) in [4.78, 5) is 4.06. The highest BCUT2D eigenvalue weighted by molar-refractivity contribution is 5.92. The van der Waals surface area contributed by atoms with E-state index in [0.29, 0.717) is 6.54 Å². The highest BCUT2D eigenvalue weighted by Crippen LogP contribution is 2.17. The number of aliphatic imine (C=N–C) groups is 1. The van der Waals surface area contributed by atoms with Gasteiger partial charge < -0.3 is 11.1 Å². The van der Waals surface area contributed by atoms with Crippen molar-refractivity contribution in [2.75, 3.05) is 11.9 Å². The molecule has 3 N–H and O–H groups in total. The normalized spacial score (nSPS) is 12.3. The summed E-state index contributed by atoms with van der Waals surface area (Å²) >= 11 is 0. The molecule has 0 amide bonds. The van der Waals surface area contributed by atoms with Gasteiger partial charge in [-0.05, 0) is 12.1 Å². The lowest BCUT2D eigenvalue weighted by Crippen LogP contribution is -2.25. The number of nitrogens with two attached hydrogens (primary N) is 1. The van der Waals surface area contributed by atoms with Crippen LogP contribution in [0, 0.1) is 17.0 Å². The largest absolute Gasteiger partial charge is 0.370 e. The van der Waals surface area contributed by atoms with E-state index < -0.39 is 11.6 Å². The molecule has 1 aromatic rings. The summed E-state index contributed by atoms with van der Waals surface area (Å²) < 4.78 is 26.2. The molecular weight excluding hydrogens is 236 g/mol. The van der Waals surface area contributed by atoms with Crippen molar-refractivity contribution in [3.05, 3.63) is 42.5 Å². The van der Waals surface area contributed by atoms with Gasteiger partial charge in [-0.1, -0.05) is 19.9 Å². The summed E-state index contributed by atoms with van der Waals surface area (Å²) in [6, 6.07) is 3.09. The van der Waals surface area contributed by atoms with Crippen LogP contribution in [0.3, 0.4) is 0 Å². The summed E-state index contributed by atoms with van der Waals surface area (Å²) in [7, 11) is 0. The fourth-order valence-corrected chi connectivity index (χ4v) is 1.12. The first-order chi connectivity index (χ1) is 8.34. The molecule has 0 aromatic heterocycles. The Morgan fingerprint density at radius 3 is 2.78 bits per heavy atom. The third kappa shape index (κ3) is 4.16. The van der Waals surface area contributed by atoms with Crippen molar-refractivity contribution in [2.24, 2.45) is 16.1 Å². The van der Waals surface area contributed by atoms with Crippen molar-refractivity contribution in [3.8, 4) is 0 Å². The number of nitrogens with zero attached hydrogens (tertiary/aromatic N) is 1. The maximum Gasteiger partial charge on any atom is 0.193 e. The third-order valence-corrected chi connectivity index (χ3v) is 2.40. The standard InChI is InChI=1S/C13H17F2N3/c1-4-13(2,3)8-17-12(16)18-11-7-9(14)5-6-10(11)15/h4-7H,1,8H2,2-3H3,(H3,16,17,18). The molecule has 5 heteroatoms. The molecule has 0 saturated heterocycles. The fourth-order valence-electron chi connectivity index (χ4n) is 1.12. The second-order valence-corrected chi connectivity index (χ2v) is 4.64. The molecule has 0 aliphatic rings. The van der Waals surface area contributed by atoms with Crippen molar-refractivity contribution >= 4 is 11.6 Å². The number of hydrogen-bond donors (Lipinski definition) is 2. The molecule has 1 aromatic carbocycles. The highest BCUT2D eigenvalue weighted by atomic mass is 19.1. The summed E-state index contributed by atoms with van der Waals surface area (Å²) in [5, 5.41) is 2.53. The molecule has 0 radical (unpaired) electrons. The van der Waals surface area contributed by atoms with Crippen molar-refractivity contribution in [1.29, 1.82) is 0 Å². The molecule has 0 aliphatic carbocycles. The number of hydrogen-bond acceptors (Lipinski definition) is 1. The smallest absolute Gasteiger partial charge is 0.193 e. The minimum atomic E-state index is -0.586. The summed E-state index contributed by atoms with van der Waals surface area (Å²) in [6.45, 7) is 7.98. The van der Waals surface area contributed by atoms with Gasteiger partial charge >= 0.3 is 0 Å². The van der Waals surface area contributed by atoms with Crippen LogP contribution in [-0.2, 0) is 0 Å². The van der Waals surface area contributed by atoms with E-state index in [1.165, 1.54) is 0 Å². The molecule has 0 spiro atoms. The molecule has 0 fully saturated rings. The van der Waals surface area contributed by atoms with E-state index in [1.807, 2.05) is 13.8 Å². The van der Waals surface area contributed by atoms with Crippen LogP contribution in [0.5, 0.6) is 0 Å². The van der Waals surface area contributed by atoms with Crippen molar-refractivity contribution < 1.29 is 8.78 Å². The van der Waals surface area contributed by atoms with E-state index >= 15 is 0 Å². The Labute approximate surface area is 105 Å². The Morgan fingerprint density at radius 1 is 1.50 bits per heavy atom. The Hall–Kier alpha value is -1.91. The maximum absolute atomic E-state index is 13.3. The van der Waals surface area contributed by atoms with Crippen LogP contribution in [0.1, 0.15) is 13.8 Å². The summed E-state index contributed by atoms with van der Waals surface area (Å²) in [6.07, 6.45) is 1.76. The first-order valence-corrected chi connectivity index (χ1v) is 5.49. The number of benzene rings is 1. The number of nitrogens with one attached hydrogen (secondary N) is 1. The van der Waals surface area contributed by atoms with Crippen molar-refractivity contribution in [3.63, 3.8) is 0 Å². The first kappa shape index (κ1) is 14.2. The lowest BCUT2D eigenvalue weighted by atomic mass is 9.94. The molecule has 0 aliphatic heterocycles. The van der Waals surface area contributed by atoms with Gasteiger partial charge in [-0.25, -0.2) is 8.78 Å². The van der Waals surface area contributed by atoms with Crippen LogP contribution in [0.15, 0.2) is 35.8 Å². The monoisotopic (exact) mass is 253 g/mol. The van der Waals surface area contributed by atoms with Crippen LogP contribution in [0.2, 0.25) is 0 Å². The molecule has 0 atom stereocenters. The zero-order chi connectivity index (χ0) is 13.8. The predicted molar refractivity (Wildman–Crippen MR) is 70.4 cm³/mol. The van der Waals surface area contributed by atoms with Gasteiger partial charge in [0.1, 0.15) is 11.6 Å². The number of anilines is 1. The summed E-state index contributed by atoms with van der Waals surface area (Å²) in [5.74, 6) is -1.09. The molecule has 98 valence electrons. The van der Waals surface area contributed by atoms with Crippen molar-refractivity contribution in [1.82, 2.24) is 0 Å². The fraction of sp³-hybridized carbons (Fsp3) is 0.308. The van der Waals surface area contributed by atoms with Gasteiger partial charge in [0.2, 0.25) is 0 Å². The van der Waals surface area contributed by atoms with Gasteiger partial charge in [0.05, 0.1) is 12.2 Å². The van der Waals surface area contributed by atoms with Gasteiger partial charge in [0.15, 0.2) is 5.96 Å². The molecule has 18 heavy (non-hydrogen) atoms. The maximum atomic E-state index is 13.3. The SMILES string of the molecule is C=CC(C)(C)CN=C(N)Nc1cc(F)ccc1F. The first-order valence-electron chi connectivity index (χ1n) is 5.49. The van der Waals surface area contributed by atoms with Gasteiger partial charge in [-0.15, -0.1) is 6.58 Å². The molecule has 1 rings (SSSR count). The van der Waals surface area contributed by atoms with E-state index in [-0.39, 0.29) is 17.1 Å². The van der Waals surface area contributed by atoms with Crippen LogP contribution in [0.4, 0.5) is 14.5 Å². The van der Waals surface area contributed by atoms with E-state index in [4.69, 9.17) is 5.73 Å². The minimum Gasteiger partial charge on any atom is -0.370 e. The molecule has 0 bridgehead atoms. The number of halogens is 2. The van der Waals surface area contributed by atoms with Crippen LogP contribution in [0.25, 0.3) is 0 Å². The predicted octanol–water partition coefficient (Wildman–Crippen LogP) is 2.90. The Morgan fingerprint density at radius 2 is 2.17 bits per heavy atom. The van der Waals surface area contributed by atoms with Crippen molar-refractivity contribution in [2.45, 2.75) is 13.8 Å². The van der Waals surface area contributed by atoms with Gasteiger partial charge in [-0.2, -0.15) is 0 Å². The minimum absolute atomic E-state index is 0.0346. The Kier molecular flexibility index (Phi) is 4.42. The van der Waals surface area contributed by atoms with E-state index in [1.54, 1.807) is 6.08 Å². The van der Waals surface area contributed by atoms with E-state index in [9.17, 15) is 8.78 Å². The summed E-state index contributed by atoms with van der Waals surface area (Å²) in [5.41, 5.74) is 5.37. The second-order valence-electron chi connectivity index (χ2n) is 4.64. The third-order valence-electron chi connectivity index (χ3n) is 2.40. The van der Waals surface area contributed by atoms with Crippen LogP contribution < -0.4 is 11.1 Å². The second kappa shape index (κ2) is 5.62. The van der Waals surface area contributed by atoms with Crippen LogP contribution >= 0.6 is 0 Å². The van der Waals surface area contributed by atoms with Gasteiger partial charge in [0.25, 0.3) is 0 Å². The topological polar surface area (TPSA) is 50.4 Å². The Balaban J connectivity index is 2.75. The number of guanidine groups is 1. The zero-order valence-corrected chi connectivity index (χ0v) is 10.5. The van der Waals surface area contributed by atoms with E-state index in [2.05, 4.69) is 16.9 Å². The lowest BCUT2D eigenvalue weighted by molar-refractivity contribution is 0.498. The number of rotatable bonds is 4. The zero-order valence-electron chi connectivity index (χ0n) is 10.5. The van der Waals surface area contributed by atoms with Gasteiger partial charge in [-0.3, -0.25) is 4.99 Å². The molecular formula is C13H17F2N3. The average Bonchev–Trinajstić information content (AvgIpc) is 2.31. The Bertz CT molecular complexity index is 467. The van der Waals surface area contributed by atoms with E-state index in [0.717, 1.165) is 18.2 Å². The molecule has 3 nitrogen and oxygen atoms in total. The van der Waals surface area contributed by atoms with Crippen LogP contribution in [-0.4, -0.2) is 12.5 Å². The quantitative estimate of drug-likeness (QED) is 0.492. The molecule has 0 saturated carbocycles. The van der Waals surface area contributed by atoms with Gasteiger partial charge in [0, 0.05) is 11.5 Å².